The molecule has 7 rings (SSSR count). The molecule has 0 saturated carbocycles. The third kappa shape index (κ3) is 4.95. The summed E-state index contributed by atoms with van der Waals surface area (Å²) in [6.45, 7) is 6.20. The fraction of sp³-hybridized carbons (Fsp3) is 0.273. The lowest BCUT2D eigenvalue weighted by Crippen LogP contribution is -2.26. The summed E-state index contributed by atoms with van der Waals surface area (Å²) in [5, 5.41) is 0. The van der Waals surface area contributed by atoms with Gasteiger partial charge in [-0.2, -0.15) is 12.9 Å². The molecule has 45 heavy (non-hydrogen) atoms. The van der Waals surface area contributed by atoms with Crippen molar-refractivity contribution >= 4 is 30.1 Å². The van der Waals surface area contributed by atoms with Crippen molar-refractivity contribution in [2.45, 2.75) is 74.7 Å². The van der Waals surface area contributed by atoms with Crippen LogP contribution >= 0.6 is 0 Å². The maximum absolute atomic E-state index is 13.8. The molecule has 0 fully saturated rings. The number of rotatable bonds is 6. The van der Waals surface area contributed by atoms with Crippen molar-refractivity contribution in [3.63, 3.8) is 0 Å². The molecule has 3 heterocycles. The Balaban J connectivity index is 1.31. The second kappa shape index (κ2) is 10.6. The SMILES string of the molecule is Cc1ccc(S(=O)(=O)N2Cc3c4c(c5c(c3C2)CN(S(=O)(=O)c2ccc(C)cc2)C5)CN(S(=O)(=O)c2ccc(C)cc2)C4)cc1. The van der Waals surface area contributed by atoms with Crippen molar-refractivity contribution in [3.05, 3.63) is 123 Å². The maximum Gasteiger partial charge on any atom is 0.243 e. The van der Waals surface area contributed by atoms with Crippen LogP contribution < -0.4 is 0 Å². The van der Waals surface area contributed by atoms with E-state index in [0.717, 1.165) is 50.1 Å². The zero-order valence-electron chi connectivity index (χ0n) is 25.2. The number of hydrogen-bond donors (Lipinski definition) is 0. The van der Waals surface area contributed by atoms with Crippen LogP contribution in [0, 0.1) is 20.8 Å². The van der Waals surface area contributed by atoms with Gasteiger partial charge in [-0.05, 0) is 90.6 Å². The molecule has 4 aromatic rings. The van der Waals surface area contributed by atoms with Crippen molar-refractivity contribution < 1.29 is 25.3 Å². The van der Waals surface area contributed by atoms with Crippen LogP contribution in [-0.2, 0) is 69.3 Å². The highest BCUT2D eigenvalue weighted by molar-refractivity contribution is 7.89. The van der Waals surface area contributed by atoms with Gasteiger partial charge in [-0.1, -0.05) is 53.1 Å². The lowest BCUT2D eigenvalue weighted by Gasteiger charge is -2.17. The van der Waals surface area contributed by atoms with E-state index in [1.54, 1.807) is 72.8 Å². The highest BCUT2D eigenvalue weighted by Gasteiger charge is 2.44. The molecule has 234 valence electrons. The fourth-order valence-corrected chi connectivity index (χ4v) is 10.7. The summed E-state index contributed by atoms with van der Waals surface area (Å²) in [6, 6.07) is 20.1. The van der Waals surface area contributed by atoms with Gasteiger partial charge in [-0.15, -0.1) is 0 Å². The first-order valence-corrected chi connectivity index (χ1v) is 19.0. The van der Waals surface area contributed by atoms with E-state index in [2.05, 4.69) is 0 Å². The molecule has 0 spiro atoms. The lowest BCUT2D eigenvalue weighted by atomic mass is 9.90. The summed E-state index contributed by atoms with van der Waals surface area (Å²) in [5.41, 5.74) is 7.47. The molecular weight excluding hydrogens is 631 g/mol. The summed E-state index contributed by atoms with van der Waals surface area (Å²) in [6.07, 6.45) is 0. The lowest BCUT2D eigenvalue weighted by molar-refractivity contribution is 0.422. The Morgan fingerprint density at radius 3 is 0.711 bits per heavy atom. The number of benzene rings is 4. The molecule has 3 aliphatic heterocycles. The topological polar surface area (TPSA) is 112 Å². The summed E-state index contributed by atoms with van der Waals surface area (Å²) >= 11 is 0. The van der Waals surface area contributed by atoms with E-state index in [9.17, 15) is 25.3 Å². The van der Waals surface area contributed by atoms with E-state index in [4.69, 9.17) is 0 Å². The molecule has 0 saturated heterocycles. The monoisotopic (exact) mass is 663 g/mol. The Hall–Kier alpha value is -3.39. The molecule has 0 aromatic heterocycles. The summed E-state index contributed by atoms with van der Waals surface area (Å²) in [7, 11) is -11.6. The Morgan fingerprint density at radius 2 is 0.533 bits per heavy atom. The smallest absolute Gasteiger partial charge is 0.207 e. The van der Waals surface area contributed by atoms with Gasteiger partial charge in [0.05, 0.1) is 14.7 Å². The Bertz CT molecular complexity index is 1860. The normalized spacial score (nSPS) is 17.4. The van der Waals surface area contributed by atoms with Gasteiger partial charge in [0, 0.05) is 39.3 Å². The van der Waals surface area contributed by atoms with Crippen LogP contribution in [0.5, 0.6) is 0 Å². The standard InChI is InChI=1S/C33H33N3O6S3/c1-22-4-10-25(11-5-22)43(37,38)34-16-28-29(17-34)31-19-36(45(41,42)27-14-8-24(3)9-15-27)21-33(31)32-20-35(18-30(28)32)44(39,40)26-12-6-23(2)7-13-26/h4-15H,16-21H2,1-3H3. The van der Waals surface area contributed by atoms with Crippen LogP contribution in [0.3, 0.4) is 0 Å². The quantitative estimate of drug-likeness (QED) is 0.295. The molecule has 0 amide bonds. The maximum atomic E-state index is 13.8. The van der Waals surface area contributed by atoms with E-state index in [1.807, 2.05) is 20.8 Å². The van der Waals surface area contributed by atoms with Crippen molar-refractivity contribution in [1.82, 2.24) is 12.9 Å². The second-order valence-corrected chi connectivity index (χ2v) is 17.9. The second-order valence-electron chi connectivity index (χ2n) is 12.1. The van der Waals surface area contributed by atoms with Crippen molar-refractivity contribution in [2.24, 2.45) is 0 Å². The summed E-state index contributed by atoms with van der Waals surface area (Å²) < 4.78 is 87.0. The zero-order chi connectivity index (χ0) is 31.9. The van der Waals surface area contributed by atoms with E-state index in [-0.39, 0.29) is 54.0 Å². The van der Waals surface area contributed by atoms with Crippen molar-refractivity contribution in [1.29, 1.82) is 0 Å². The molecule has 0 radical (unpaired) electrons. The average molecular weight is 664 g/mol. The fourth-order valence-electron chi connectivity index (χ4n) is 6.55. The summed E-state index contributed by atoms with van der Waals surface area (Å²) in [4.78, 5) is 0.545. The van der Waals surface area contributed by atoms with Crippen LogP contribution in [0.15, 0.2) is 87.5 Å². The Kier molecular flexibility index (Phi) is 7.12. The van der Waals surface area contributed by atoms with Gasteiger partial charge in [0.25, 0.3) is 0 Å². The number of fused-ring (bicyclic) bond motifs is 6. The van der Waals surface area contributed by atoms with Gasteiger partial charge in [0.1, 0.15) is 0 Å². The van der Waals surface area contributed by atoms with Gasteiger partial charge < -0.3 is 0 Å². The van der Waals surface area contributed by atoms with Gasteiger partial charge in [0.15, 0.2) is 0 Å². The predicted molar refractivity (Wildman–Crippen MR) is 169 cm³/mol. The van der Waals surface area contributed by atoms with Crippen LogP contribution in [0.25, 0.3) is 0 Å². The van der Waals surface area contributed by atoms with E-state index < -0.39 is 30.1 Å². The minimum atomic E-state index is -3.87. The van der Waals surface area contributed by atoms with Crippen LogP contribution in [0.4, 0.5) is 0 Å². The number of hydrogen-bond acceptors (Lipinski definition) is 6. The summed E-state index contributed by atoms with van der Waals surface area (Å²) in [5.74, 6) is 0. The molecule has 0 unspecified atom stereocenters. The minimum Gasteiger partial charge on any atom is -0.207 e. The molecule has 0 bridgehead atoms. The number of sulfonamides is 3. The highest BCUT2D eigenvalue weighted by atomic mass is 32.2. The molecule has 0 aliphatic carbocycles. The minimum absolute atomic E-state index is 0.0876. The van der Waals surface area contributed by atoms with Gasteiger partial charge in [0.2, 0.25) is 30.1 Å². The van der Waals surface area contributed by atoms with Crippen molar-refractivity contribution in [3.8, 4) is 0 Å². The van der Waals surface area contributed by atoms with E-state index in [1.165, 1.54) is 12.9 Å². The van der Waals surface area contributed by atoms with E-state index >= 15 is 0 Å². The van der Waals surface area contributed by atoms with E-state index in [0.29, 0.717) is 0 Å². The Labute approximate surface area is 264 Å². The first kappa shape index (κ1) is 30.3. The molecular formula is C33H33N3O6S3. The number of aryl methyl sites for hydroxylation is 3. The predicted octanol–water partition coefficient (Wildman–Crippen LogP) is 4.73. The molecule has 0 N–H and O–H groups in total. The van der Waals surface area contributed by atoms with Gasteiger partial charge in [-0.25, -0.2) is 25.3 Å². The van der Waals surface area contributed by atoms with Gasteiger partial charge in [-0.3, -0.25) is 0 Å². The molecule has 9 nitrogen and oxygen atoms in total. The zero-order valence-corrected chi connectivity index (χ0v) is 27.6. The molecule has 3 aliphatic rings. The van der Waals surface area contributed by atoms with Gasteiger partial charge >= 0.3 is 0 Å². The van der Waals surface area contributed by atoms with Crippen LogP contribution in [0.2, 0.25) is 0 Å². The molecule has 12 heteroatoms. The molecule has 4 aromatic carbocycles. The largest absolute Gasteiger partial charge is 0.243 e. The third-order valence-electron chi connectivity index (χ3n) is 9.17. The van der Waals surface area contributed by atoms with Crippen LogP contribution in [0.1, 0.15) is 50.1 Å². The Morgan fingerprint density at radius 1 is 0.356 bits per heavy atom. The number of nitrogens with zero attached hydrogens (tertiary/aromatic N) is 3. The molecule has 0 atom stereocenters. The first-order chi connectivity index (χ1) is 21.3. The third-order valence-corrected chi connectivity index (χ3v) is 14.6. The average Bonchev–Trinajstić information content (AvgIpc) is 3.75. The van der Waals surface area contributed by atoms with Crippen molar-refractivity contribution in [2.75, 3.05) is 0 Å². The first-order valence-electron chi connectivity index (χ1n) is 14.6. The highest BCUT2D eigenvalue weighted by Crippen LogP contribution is 2.45. The van der Waals surface area contributed by atoms with Crippen LogP contribution in [-0.4, -0.2) is 38.2 Å².